The first kappa shape index (κ1) is 11.0. The van der Waals surface area contributed by atoms with Crippen molar-refractivity contribution in [2.75, 3.05) is 6.54 Å². The van der Waals surface area contributed by atoms with Gasteiger partial charge in [-0.1, -0.05) is 23.7 Å². The Kier molecular flexibility index (Phi) is 2.83. The number of amides is 3. The van der Waals surface area contributed by atoms with Crippen molar-refractivity contribution in [2.45, 2.75) is 13.0 Å². The van der Waals surface area contributed by atoms with Crippen LogP contribution in [0.4, 0.5) is 4.79 Å². The third kappa shape index (κ3) is 2.02. The van der Waals surface area contributed by atoms with Gasteiger partial charge in [-0.2, -0.15) is 0 Å². The summed E-state index contributed by atoms with van der Waals surface area (Å²) in [5.41, 5.74) is 0.914. The lowest BCUT2D eigenvalue weighted by atomic mass is 10.1. The molecule has 1 aromatic rings. The molecular formula is C11H11ClN2O2. The molecule has 1 atom stereocenters. The van der Waals surface area contributed by atoms with Gasteiger partial charge in [0.05, 0.1) is 6.04 Å². The van der Waals surface area contributed by atoms with Crippen molar-refractivity contribution >= 4 is 23.5 Å². The van der Waals surface area contributed by atoms with E-state index < -0.39 is 0 Å². The number of hydrogen-bond donors (Lipinski definition) is 1. The van der Waals surface area contributed by atoms with E-state index in [9.17, 15) is 9.59 Å². The SMILES string of the molecule is CC(c1cccc(Cl)c1)N1CC(=O)NC1=O. The Labute approximate surface area is 98.2 Å². The van der Waals surface area contributed by atoms with Crippen LogP contribution < -0.4 is 5.32 Å². The Balaban J connectivity index is 2.22. The van der Waals surface area contributed by atoms with Gasteiger partial charge in [0, 0.05) is 5.02 Å². The smallest absolute Gasteiger partial charge is 0.308 e. The van der Waals surface area contributed by atoms with E-state index in [0.717, 1.165) is 5.56 Å². The number of imide groups is 1. The summed E-state index contributed by atoms with van der Waals surface area (Å²) in [5.74, 6) is -0.265. The zero-order valence-electron chi connectivity index (χ0n) is 8.74. The van der Waals surface area contributed by atoms with Gasteiger partial charge in [-0.3, -0.25) is 10.1 Å². The van der Waals surface area contributed by atoms with Crippen molar-refractivity contribution in [1.29, 1.82) is 0 Å². The van der Waals surface area contributed by atoms with Crippen molar-refractivity contribution < 1.29 is 9.59 Å². The standard InChI is InChI=1S/C11H11ClN2O2/c1-7(8-3-2-4-9(12)5-8)14-6-10(15)13-11(14)16/h2-5,7H,6H2,1H3,(H,13,15,16). The third-order valence-electron chi connectivity index (χ3n) is 2.62. The van der Waals surface area contributed by atoms with Crippen molar-refractivity contribution in [3.63, 3.8) is 0 Å². The van der Waals surface area contributed by atoms with E-state index in [-0.39, 0.29) is 24.5 Å². The van der Waals surface area contributed by atoms with Gasteiger partial charge in [-0.05, 0) is 24.6 Å². The Morgan fingerprint density at radius 2 is 2.19 bits per heavy atom. The third-order valence-corrected chi connectivity index (χ3v) is 2.85. The maximum Gasteiger partial charge on any atom is 0.325 e. The van der Waals surface area contributed by atoms with Crippen LogP contribution in [0.25, 0.3) is 0 Å². The molecule has 16 heavy (non-hydrogen) atoms. The second kappa shape index (κ2) is 4.14. The average Bonchev–Trinajstić information content (AvgIpc) is 2.57. The Morgan fingerprint density at radius 3 is 2.75 bits per heavy atom. The fraction of sp³-hybridized carbons (Fsp3) is 0.273. The zero-order chi connectivity index (χ0) is 11.7. The van der Waals surface area contributed by atoms with Gasteiger partial charge in [0.2, 0.25) is 5.91 Å². The molecule has 84 valence electrons. The molecule has 3 amide bonds. The summed E-state index contributed by atoms with van der Waals surface area (Å²) in [4.78, 5) is 24.0. The summed E-state index contributed by atoms with van der Waals surface area (Å²) < 4.78 is 0. The maximum atomic E-state index is 11.4. The van der Waals surface area contributed by atoms with E-state index in [0.29, 0.717) is 5.02 Å². The van der Waals surface area contributed by atoms with E-state index in [4.69, 9.17) is 11.6 Å². The van der Waals surface area contributed by atoms with Gasteiger partial charge < -0.3 is 4.90 Å². The van der Waals surface area contributed by atoms with Gasteiger partial charge in [0.25, 0.3) is 0 Å². The highest BCUT2D eigenvalue weighted by molar-refractivity contribution is 6.30. The quantitative estimate of drug-likeness (QED) is 0.801. The molecule has 0 saturated carbocycles. The largest absolute Gasteiger partial charge is 0.325 e. The summed E-state index contributed by atoms with van der Waals surface area (Å²) in [6, 6.07) is 6.76. The van der Waals surface area contributed by atoms with E-state index in [1.807, 2.05) is 19.1 Å². The van der Waals surface area contributed by atoms with Gasteiger partial charge in [-0.25, -0.2) is 4.79 Å². The van der Waals surface area contributed by atoms with Crippen LogP contribution in [-0.2, 0) is 4.79 Å². The molecule has 0 bridgehead atoms. The number of carbonyl (C=O) groups excluding carboxylic acids is 2. The molecule has 0 spiro atoms. The Bertz CT molecular complexity index is 447. The fourth-order valence-electron chi connectivity index (χ4n) is 1.72. The van der Waals surface area contributed by atoms with E-state index in [2.05, 4.69) is 5.32 Å². The maximum absolute atomic E-state index is 11.4. The van der Waals surface area contributed by atoms with Crippen molar-refractivity contribution in [1.82, 2.24) is 10.2 Å². The summed E-state index contributed by atoms with van der Waals surface area (Å²) in [7, 11) is 0. The molecule has 1 aromatic carbocycles. The lowest BCUT2D eigenvalue weighted by molar-refractivity contribution is -0.118. The topological polar surface area (TPSA) is 49.4 Å². The van der Waals surface area contributed by atoms with Crippen molar-refractivity contribution in [3.8, 4) is 0 Å². The van der Waals surface area contributed by atoms with E-state index >= 15 is 0 Å². The molecule has 1 saturated heterocycles. The highest BCUT2D eigenvalue weighted by Gasteiger charge is 2.31. The van der Waals surface area contributed by atoms with Crippen LogP contribution in [0.2, 0.25) is 5.02 Å². The molecular weight excluding hydrogens is 228 g/mol. The minimum Gasteiger partial charge on any atom is -0.308 e. The van der Waals surface area contributed by atoms with Gasteiger partial charge >= 0.3 is 6.03 Å². The highest BCUT2D eigenvalue weighted by atomic mass is 35.5. The van der Waals surface area contributed by atoms with Crippen LogP contribution in [0.1, 0.15) is 18.5 Å². The molecule has 1 fully saturated rings. The van der Waals surface area contributed by atoms with Crippen LogP contribution in [0.3, 0.4) is 0 Å². The zero-order valence-corrected chi connectivity index (χ0v) is 9.49. The summed E-state index contributed by atoms with van der Waals surface area (Å²) in [6.45, 7) is 1.97. The molecule has 1 heterocycles. The number of carbonyl (C=O) groups is 2. The minimum absolute atomic E-state index is 0.104. The number of urea groups is 1. The lowest BCUT2D eigenvalue weighted by Gasteiger charge is -2.22. The Morgan fingerprint density at radius 1 is 1.44 bits per heavy atom. The molecule has 0 aromatic heterocycles. The molecule has 5 heteroatoms. The highest BCUT2D eigenvalue weighted by Crippen LogP contribution is 2.24. The molecule has 1 unspecified atom stereocenters. The molecule has 1 aliphatic heterocycles. The molecule has 0 aliphatic carbocycles. The monoisotopic (exact) mass is 238 g/mol. The van der Waals surface area contributed by atoms with Crippen LogP contribution in [0, 0.1) is 0 Å². The van der Waals surface area contributed by atoms with Crippen LogP contribution in [-0.4, -0.2) is 23.4 Å². The van der Waals surface area contributed by atoms with Crippen molar-refractivity contribution in [3.05, 3.63) is 34.9 Å². The first-order valence-corrected chi connectivity index (χ1v) is 5.31. The molecule has 0 radical (unpaired) electrons. The number of nitrogens with zero attached hydrogens (tertiary/aromatic N) is 1. The van der Waals surface area contributed by atoms with Crippen LogP contribution >= 0.6 is 11.6 Å². The molecule has 2 rings (SSSR count). The number of rotatable bonds is 2. The summed E-state index contributed by atoms with van der Waals surface area (Å²) >= 11 is 5.87. The Hall–Kier alpha value is -1.55. The minimum atomic E-state index is -0.350. The van der Waals surface area contributed by atoms with Gasteiger partial charge in [-0.15, -0.1) is 0 Å². The number of halogens is 1. The first-order chi connectivity index (χ1) is 7.58. The average molecular weight is 239 g/mol. The number of hydrogen-bond acceptors (Lipinski definition) is 2. The van der Waals surface area contributed by atoms with Crippen LogP contribution in [0.5, 0.6) is 0 Å². The second-order valence-corrected chi connectivity index (χ2v) is 4.15. The summed E-state index contributed by atoms with van der Waals surface area (Å²) in [6.07, 6.45) is 0. The predicted octanol–water partition coefficient (Wildman–Crippen LogP) is 1.95. The molecule has 1 N–H and O–H groups in total. The second-order valence-electron chi connectivity index (χ2n) is 3.71. The number of benzene rings is 1. The molecule has 1 aliphatic rings. The lowest BCUT2D eigenvalue weighted by Crippen LogP contribution is -2.30. The molecule has 4 nitrogen and oxygen atoms in total. The van der Waals surface area contributed by atoms with Gasteiger partial charge in [0.1, 0.15) is 6.54 Å². The van der Waals surface area contributed by atoms with E-state index in [1.54, 1.807) is 12.1 Å². The fourth-order valence-corrected chi connectivity index (χ4v) is 1.92. The predicted molar refractivity (Wildman–Crippen MR) is 60.1 cm³/mol. The van der Waals surface area contributed by atoms with Crippen LogP contribution in [0.15, 0.2) is 24.3 Å². The normalized spacial score (nSPS) is 17.5. The van der Waals surface area contributed by atoms with Crippen molar-refractivity contribution in [2.24, 2.45) is 0 Å². The summed E-state index contributed by atoms with van der Waals surface area (Å²) in [5, 5.41) is 2.87. The van der Waals surface area contributed by atoms with Gasteiger partial charge in [0.15, 0.2) is 0 Å². The number of nitrogens with one attached hydrogen (secondary N) is 1. The first-order valence-electron chi connectivity index (χ1n) is 4.94. The van der Waals surface area contributed by atoms with E-state index in [1.165, 1.54) is 4.90 Å².